The van der Waals surface area contributed by atoms with Gasteiger partial charge in [0.15, 0.2) is 0 Å². The van der Waals surface area contributed by atoms with Crippen molar-refractivity contribution in [2.45, 2.75) is 13.3 Å². The van der Waals surface area contributed by atoms with E-state index in [0.29, 0.717) is 23.7 Å². The van der Waals surface area contributed by atoms with Gasteiger partial charge in [-0.3, -0.25) is 9.59 Å². The van der Waals surface area contributed by atoms with Crippen LogP contribution in [0.2, 0.25) is 0 Å². The first kappa shape index (κ1) is 11.1. The van der Waals surface area contributed by atoms with Crippen molar-refractivity contribution in [3.8, 4) is 0 Å². The summed E-state index contributed by atoms with van der Waals surface area (Å²) in [5.74, 6) is -0.562. The third kappa shape index (κ3) is 1.61. The largest absolute Gasteiger partial charge is 0.304 e. The maximum atomic E-state index is 11.7. The molecule has 0 spiro atoms. The van der Waals surface area contributed by atoms with Crippen LogP contribution in [0.4, 0.5) is 5.69 Å². The molecule has 1 aromatic carbocycles. The fraction of sp³-hybridized carbons (Fsp3) is 0.333. The van der Waals surface area contributed by atoms with Crippen LogP contribution in [-0.2, 0) is 11.2 Å². The molecule has 0 aromatic heterocycles. The second kappa shape index (κ2) is 4.26. The molecule has 0 aliphatic carbocycles. The molecule has 2 rings (SSSR count). The number of anilines is 1. The van der Waals surface area contributed by atoms with Gasteiger partial charge in [-0.1, -0.05) is 13.0 Å². The van der Waals surface area contributed by atoms with Gasteiger partial charge in [-0.15, -0.1) is 11.6 Å². The number of alkyl halides is 1. The first-order valence-electron chi connectivity index (χ1n) is 5.24. The zero-order chi connectivity index (χ0) is 11.7. The van der Waals surface area contributed by atoms with E-state index in [1.54, 1.807) is 6.07 Å². The van der Waals surface area contributed by atoms with Crippen LogP contribution in [-0.4, -0.2) is 24.1 Å². The second-order valence-electron chi connectivity index (χ2n) is 3.68. The smallest absolute Gasteiger partial charge is 0.299 e. The Kier molecular flexibility index (Phi) is 2.97. The molecule has 0 saturated heterocycles. The summed E-state index contributed by atoms with van der Waals surface area (Å²) in [5.41, 5.74) is 2.26. The van der Waals surface area contributed by atoms with E-state index in [1.807, 2.05) is 19.1 Å². The molecule has 84 valence electrons. The Balaban J connectivity index is 2.47. The van der Waals surface area contributed by atoms with Crippen molar-refractivity contribution in [2.75, 3.05) is 17.3 Å². The van der Waals surface area contributed by atoms with Crippen molar-refractivity contribution in [1.29, 1.82) is 0 Å². The standard InChI is InChI=1S/C12H12ClNO2/c1-2-8-3-4-10-9(7-8)11(15)12(16)14(10)6-5-13/h3-4,7H,2,5-6H2,1H3. The second-order valence-corrected chi connectivity index (χ2v) is 4.06. The molecule has 0 N–H and O–H groups in total. The predicted molar refractivity (Wildman–Crippen MR) is 63.2 cm³/mol. The summed E-state index contributed by atoms with van der Waals surface area (Å²) in [4.78, 5) is 24.8. The average Bonchev–Trinajstić information content (AvgIpc) is 2.54. The summed E-state index contributed by atoms with van der Waals surface area (Å²) in [5, 5.41) is 0. The molecule has 1 aromatic rings. The molecule has 1 aliphatic heterocycles. The van der Waals surface area contributed by atoms with Crippen LogP contribution in [0.1, 0.15) is 22.8 Å². The summed E-state index contributed by atoms with van der Waals surface area (Å²) >= 11 is 5.61. The van der Waals surface area contributed by atoms with E-state index in [1.165, 1.54) is 4.90 Å². The van der Waals surface area contributed by atoms with Crippen molar-refractivity contribution < 1.29 is 9.59 Å². The molecule has 0 atom stereocenters. The number of fused-ring (bicyclic) bond motifs is 1. The fourth-order valence-electron chi connectivity index (χ4n) is 1.87. The van der Waals surface area contributed by atoms with Crippen LogP contribution in [0.3, 0.4) is 0 Å². The van der Waals surface area contributed by atoms with E-state index in [4.69, 9.17) is 11.6 Å². The third-order valence-electron chi connectivity index (χ3n) is 2.75. The van der Waals surface area contributed by atoms with E-state index < -0.39 is 11.7 Å². The van der Waals surface area contributed by atoms with E-state index in [2.05, 4.69) is 0 Å². The zero-order valence-corrected chi connectivity index (χ0v) is 9.75. The van der Waals surface area contributed by atoms with Gasteiger partial charge in [-0.25, -0.2) is 0 Å². The molecule has 0 unspecified atom stereocenters. The zero-order valence-electron chi connectivity index (χ0n) is 9.00. The fourth-order valence-corrected chi connectivity index (χ4v) is 2.04. The summed E-state index contributed by atoms with van der Waals surface area (Å²) in [6.45, 7) is 2.39. The first-order valence-corrected chi connectivity index (χ1v) is 5.77. The molecule has 1 amide bonds. The van der Waals surface area contributed by atoms with Crippen LogP contribution in [0.15, 0.2) is 18.2 Å². The van der Waals surface area contributed by atoms with Crippen LogP contribution in [0.5, 0.6) is 0 Å². The van der Waals surface area contributed by atoms with Gasteiger partial charge in [0.25, 0.3) is 11.7 Å². The minimum atomic E-state index is -0.469. The molecular formula is C12H12ClNO2. The number of aryl methyl sites for hydroxylation is 1. The van der Waals surface area contributed by atoms with Crippen molar-refractivity contribution in [1.82, 2.24) is 0 Å². The number of hydrogen-bond donors (Lipinski definition) is 0. The maximum Gasteiger partial charge on any atom is 0.299 e. The molecule has 1 aliphatic rings. The maximum absolute atomic E-state index is 11.7. The van der Waals surface area contributed by atoms with Crippen LogP contribution in [0, 0.1) is 0 Å². The molecule has 0 radical (unpaired) electrons. The molecule has 0 fully saturated rings. The monoisotopic (exact) mass is 237 g/mol. The first-order chi connectivity index (χ1) is 7.69. The molecule has 1 heterocycles. The lowest BCUT2D eigenvalue weighted by Crippen LogP contribution is -2.31. The van der Waals surface area contributed by atoms with Gasteiger partial charge in [0, 0.05) is 12.4 Å². The summed E-state index contributed by atoms with van der Waals surface area (Å²) in [6.07, 6.45) is 0.851. The van der Waals surface area contributed by atoms with Crippen LogP contribution in [0.25, 0.3) is 0 Å². The summed E-state index contributed by atoms with van der Waals surface area (Å²) in [6, 6.07) is 5.55. The van der Waals surface area contributed by atoms with Crippen molar-refractivity contribution in [2.24, 2.45) is 0 Å². The number of rotatable bonds is 3. The predicted octanol–water partition coefficient (Wildman–Crippen LogP) is 2.02. The van der Waals surface area contributed by atoms with E-state index in [-0.39, 0.29) is 0 Å². The highest BCUT2D eigenvalue weighted by molar-refractivity contribution is 6.52. The number of amides is 1. The Hall–Kier alpha value is -1.35. The lowest BCUT2D eigenvalue weighted by molar-refractivity contribution is -0.114. The molecule has 4 heteroatoms. The highest BCUT2D eigenvalue weighted by atomic mass is 35.5. The number of carbonyl (C=O) groups is 2. The number of ketones is 1. The average molecular weight is 238 g/mol. The van der Waals surface area contributed by atoms with Crippen molar-refractivity contribution >= 4 is 29.0 Å². The van der Waals surface area contributed by atoms with E-state index in [9.17, 15) is 9.59 Å². The Morgan fingerprint density at radius 3 is 2.69 bits per heavy atom. The molecule has 0 saturated carbocycles. The van der Waals surface area contributed by atoms with Gasteiger partial charge in [0.2, 0.25) is 0 Å². The Labute approximate surface area is 99.0 Å². The molecule has 16 heavy (non-hydrogen) atoms. The minimum Gasteiger partial charge on any atom is -0.304 e. The van der Waals surface area contributed by atoms with Gasteiger partial charge in [-0.2, -0.15) is 0 Å². The normalized spacial score (nSPS) is 14.5. The highest BCUT2D eigenvalue weighted by Gasteiger charge is 2.35. The van der Waals surface area contributed by atoms with E-state index in [0.717, 1.165) is 12.0 Å². The van der Waals surface area contributed by atoms with Crippen LogP contribution < -0.4 is 4.90 Å². The number of nitrogens with zero attached hydrogens (tertiary/aromatic N) is 1. The van der Waals surface area contributed by atoms with Gasteiger partial charge < -0.3 is 4.90 Å². The summed E-state index contributed by atoms with van der Waals surface area (Å²) < 4.78 is 0. The summed E-state index contributed by atoms with van der Waals surface area (Å²) in [7, 11) is 0. The quantitative estimate of drug-likeness (QED) is 0.596. The number of hydrogen-bond acceptors (Lipinski definition) is 2. The Morgan fingerprint density at radius 1 is 1.31 bits per heavy atom. The Bertz CT molecular complexity index is 456. The van der Waals surface area contributed by atoms with Gasteiger partial charge in [-0.05, 0) is 24.1 Å². The number of benzene rings is 1. The minimum absolute atomic E-state index is 0.327. The van der Waals surface area contributed by atoms with Gasteiger partial charge in [0.05, 0.1) is 11.3 Å². The number of Topliss-reactive ketones (excluding diaryl/α,β-unsaturated/α-hetero) is 1. The van der Waals surface area contributed by atoms with Crippen molar-refractivity contribution in [3.05, 3.63) is 29.3 Å². The molecule has 0 bridgehead atoms. The lowest BCUT2D eigenvalue weighted by Gasteiger charge is -2.14. The third-order valence-corrected chi connectivity index (χ3v) is 2.92. The molecular weight excluding hydrogens is 226 g/mol. The highest BCUT2D eigenvalue weighted by Crippen LogP contribution is 2.29. The molecule has 3 nitrogen and oxygen atoms in total. The SMILES string of the molecule is CCc1ccc2c(c1)C(=O)C(=O)N2CCCl. The Morgan fingerprint density at radius 2 is 2.06 bits per heavy atom. The van der Waals surface area contributed by atoms with Gasteiger partial charge in [0.1, 0.15) is 0 Å². The number of halogens is 1. The van der Waals surface area contributed by atoms with E-state index >= 15 is 0 Å². The van der Waals surface area contributed by atoms with Crippen LogP contribution >= 0.6 is 11.6 Å². The topological polar surface area (TPSA) is 37.4 Å². The van der Waals surface area contributed by atoms with Crippen molar-refractivity contribution in [3.63, 3.8) is 0 Å². The lowest BCUT2D eigenvalue weighted by atomic mass is 10.1. The number of carbonyl (C=O) groups excluding carboxylic acids is 2. The van der Waals surface area contributed by atoms with Gasteiger partial charge >= 0.3 is 0 Å².